The Morgan fingerprint density at radius 1 is 1.12 bits per heavy atom. The Kier molecular flexibility index (Phi) is 5.20. The van der Waals surface area contributed by atoms with Crippen LogP contribution in [0.4, 0.5) is 4.39 Å². The average molecular weight is 360 g/mol. The van der Waals surface area contributed by atoms with E-state index in [-0.39, 0.29) is 12.3 Å². The predicted octanol–water partition coefficient (Wildman–Crippen LogP) is 2.20. The highest BCUT2D eigenvalue weighted by Crippen LogP contribution is 2.14. The normalized spacial score (nSPS) is 11.6. The van der Waals surface area contributed by atoms with Crippen molar-refractivity contribution in [1.29, 1.82) is 0 Å². The van der Waals surface area contributed by atoms with Gasteiger partial charge in [-0.25, -0.2) is 17.5 Å². The summed E-state index contributed by atoms with van der Waals surface area (Å²) >= 11 is 0. The highest BCUT2D eigenvalue weighted by Gasteiger charge is 2.11. The first kappa shape index (κ1) is 17.2. The van der Waals surface area contributed by atoms with Gasteiger partial charge in [-0.1, -0.05) is 12.1 Å². The molecular formula is C17H17FN4O2S. The summed E-state index contributed by atoms with van der Waals surface area (Å²) in [6.07, 6.45) is 5.17. The van der Waals surface area contributed by atoms with E-state index in [0.29, 0.717) is 12.1 Å². The molecule has 0 fully saturated rings. The van der Waals surface area contributed by atoms with Crippen LogP contribution in [0.25, 0.3) is 11.3 Å². The van der Waals surface area contributed by atoms with Crippen LogP contribution in [0.2, 0.25) is 0 Å². The van der Waals surface area contributed by atoms with Crippen molar-refractivity contribution in [2.24, 2.45) is 0 Å². The first-order valence-electron chi connectivity index (χ1n) is 7.67. The number of pyridine rings is 1. The van der Waals surface area contributed by atoms with Crippen molar-refractivity contribution in [3.8, 4) is 11.3 Å². The zero-order chi connectivity index (χ0) is 17.7. The van der Waals surface area contributed by atoms with Crippen LogP contribution in [0.1, 0.15) is 5.56 Å². The van der Waals surface area contributed by atoms with Crippen molar-refractivity contribution in [2.75, 3.05) is 6.54 Å². The zero-order valence-corrected chi connectivity index (χ0v) is 14.2. The van der Waals surface area contributed by atoms with Gasteiger partial charge in [0.1, 0.15) is 5.82 Å². The third-order valence-electron chi connectivity index (χ3n) is 3.53. The standard InChI is InChI=1S/C17H17FN4O2S/c18-16-3-1-2-14(12-16)13-25(23,24)20-9-11-22-10-6-17(21-22)15-4-7-19-8-5-15/h1-8,10,12,20H,9,11,13H2. The maximum absolute atomic E-state index is 13.1. The highest BCUT2D eigenvalue weighted by molar-refractivity contribution is 7.88. The number of benzene rings is 1. The predicted molar refractivity (Wildman–Crippen MR) is 92.5 cm³/mol. The molecule has 0 aliphatic rings. The maximum atomic E-state index is 13.1. The van der Waals surface area contributed by atoms with Gasteiger partial charge in [0, 0.05) is 30.7 Å². The van der Waals surface area contributed by atoms with Crippen molar-refractivity contribution in [1.82, 2.24) is 19.5 Å². The quantitative estimate of drug-likeness (QED) is 0.701. The monoisotopic (exact) mass is 360 g/mol. The molecule has 0 bridgehead atoms. The van der Waals surface area contributed by atoms with Crippen molar-refractivity contribution in [3.05, 3.63) is 72.4 Å². The van der Waals surface area contributed by atoms with Crippen LogP contribution in [-0.2, 0) is 22.3 Å². The molecule has 1 aromatic carbocycles. The van der Waals surface area contributed by atoms with Gasteiger partial charge in [-0.3, -0.25) is 9.67 Å². The Labute approximate surface area is 145 Å². The topological polar surface area (TPSA) is 76.9 Å². The highest BCUT2D eigenvalue weighted by atomic mass is 32.2. The summed E-state index contributed by atoms with van der Waals surface area (Å²) in [5.74, 6) is -0.709. The van der Waals surface area contributed by atoms with Gasteiger partial charge in [-0.05, 0) is 35.9 Å². The number of sulfonamides is 1. The van der Waals surface area contributed by atoms with Crippen LogP contribution in [-0.4, -0.2) is 29.7 Å². The Balaban J connectivity index is 1.55. The van der Waals surface area contributed by atoms with Crippen LogP contribution < -0.4 is 4.72 Å². The number of hydrogen-bond acceptors (Lipinski definition) is 4. The number of aromatic nitrogens is 3. The van der Waals surface area contributed by atoms with Crippen LogP contribution in [0.5, 0.6) is 0 Å². The van der Waals surface area contributed by atoms with E-state index in [9.17, 15) is 12.8 Å². The molecule has 0 aliphatic carbocycles. The van der Waals surface area contributed by atoms with Crippen LogP contribution in [0, 0.1) is 5.82 Å². The lowest BCUT2D eigenvalue weighted by Crippen LogP contribution is -2.28. The summed E-state index contributed by atoms with van der Waals surface area (Å²) in [6.45, 7) is 0.600. The minimum absolute atomic E-state index is 0.203. The van der Waals surface area contributed by atoms with E-state index in [1.165, 1.54) is 18.2 Å². The molecule has 0 saturated heterocycles. The molecule has 3 rings (SSSR count). The van der Waals surface area contributed by atoms with Crippen LogP contribution >= 0.6 is 0 Å². The second kappa shape index (κ2) is 7.54. The Morgan fingerprint density at radius 3 is 2.68 bits per heavy atom. The van der Waals surface area contributed by atoms with Crippen molar-refractivity contribution in [3.63, 3.8) is 0 Å². The first-order valence-corrected chi connectivity index (χ1v) is 9.33. The fourth-order valence-electron chi connectivity index (χ4n) is 2.38. The molecule has 0 unspecified atom stereocenters. The summed E-state index contributed by atoms with van der Waals surface area (Å²) in [5.41, 5.74) is 2.15. The lowest BCUT2D eigenvalue weighted by atomic mass is 10.2. The molecule has 0 atom stereocenters. The second-order valence-electron chi connectivity index (χ2n) is 5.48. The van der Waals surface area contributed by atoms with Gasteiger partial charge in [-0.15, -0.1) is 0 Å². The van der Waals surface area contributed by atoms with E-state index in [1.54, 1.807) is 29.3 Å². The van der Waals surface area contributed by atoms with E-state index in [2.05, 4.69) is 14.8 Å². The lowest BCUT2D eigenvalue weighted by molar-refractivity contribution is 0.560. The molecule has 2 aromatic heterocycles. The number of nitrogens with zero attached hydrogens (tertiary/aromatic N) is 3. The molecule has 0 spiro atoms. The van der Waals surface area contributed by atoms with Gasteiger partial charge < -0.3 is 0 Å². The van der Waals surface area contributed by atoms with E-state index >= 15 is 0 Å². The largest absolute Gasteiger partial charge is 0.271 e. The second-order valence-corrected chi connectivity index (χ2v) is 7.29. The van der Waals surface area contributed by atoms with Gasteiger partial charge in [0.2, 0.25) is 10.0 Å². The van der Waals surface area contributed by atoms with Gasteiger partial charge in [0.25, 0.3) is 0 Å². The van der Waals surface area contributed by atoms with E-state index in [1.807, 2.05) is 18.2 Å². The van der Waals surface area contributed by atoms with Gasteiger partial charge in [-0.2, -0.15) is 5.10 Å². The number of nitrogens with one attached hydrogen (secondary N) is 1. The number of rotatable bonds is 7. The molecule has 0 amide bonds. The summed E-state index contributed by atoms with van der Waals surface area (Å²) in [7, 11) is -3.53. The molecule has 130 valence electrons. The molecule has 0 aliphatic heterocycles. The van der Waals surface area contributed by atoms with E-state index in [0.717, 1.165) is 11.3 Å². The Morgan fingerprint density at radius 2 is 1.92 bits per heavy atom. The summed E-state index contributed by atoms with van der Waals surface area (Å²) < 4.78 is 41.4. The van der Waals surface area contributed by atoms with Crippen molar-refractivity contribution < 1.29 is 12.8 Å². The van der Waals surface area contributed by atoms with Gasteiger partial charge in [0.05, 0.1) is 18.0 Å². The fraction of sp³-hybridized carbons (Fsp3) is 0.176. The van der Waals surface area contributed by atoms with Crippen molar-refractivity contribution >= 4 is 10.0 Å². The smallest absolute Gasteiger partial charge is 0.215 e. The lowest BCUT2D eigenvalue weighted by Gasteiger charge is -2.07. The molecule has 6 nitrogen and oxygen atoms in total. The summed E-state index contributed by atoms with van der Waals surface area (Å²) in [6, 6.07) is 11.1. The molecule has 2 heterocycles. The summed E-state index contributed by atoms with van der Waals surface area (Å²) in [4.78, 5) is 3.96. The molecular weight excluding hydrogens is 343 g/mol. The van der Waals surface area contributed by atoms with Crippen molar-refractivity contribution in [2.45, 2.75) is 12.3 Å². The Hall–Kier alpha value is -2.58. The van der Waals surface area contributed by atoms with Gasteiger partial charge in [0.15, 0.2) is 0 Å². The fourth-order valence-corrected chi connectivity index (χ4v) is 3.50. The Bertz CT molecular complexity index is 942. The zero-order valence-electron chi connectivity index (χ0n) is 13.3. The number of hydrogen-bond donors (Lipinski definition) is 1. The molecule has 0 saturated carbocycles. The molecule has 8 heteroatoms. The molecule has 3 aromatic rings. The molecule has 25 heavy (non-hydrogen) atoms. The molecule has 0 radical (unpaired) electrons. The van der Waals surface area contributed by atoms with Crippen LogP contribution in [0.15, 0.2) is 61.1 Å². The molecule has 1 N–H and O–H groups in total. The average Bonchev–Trinajstić information content (AvgIpc) is 3.04. The van der Waals surface area contributed by atoms with Gasteiger partial charge >= 0.3 is 0 Å². The van der Waals surface area contributed by atoms with Crippen LogP contribution in [0.3, 0.4) is 0 Å². The first-order chi connectivity index (χ1) is 12.0. The van der Waals surface area contributed by atoms with E-state index in [4.69, 9.17) is 0 Å². The maximum Gasteiger partial charge on any atom is 0.215 e. The third kappa shape index (κ3) is 4.94. The van der Waals surface area contributed by atoms with E-state index < -0.39 is 15.8 Å². The minimum Gasteiger partial charge on any atom is -0.271 e. The third-order valence-corrected chi connectivity index (χ3v) is 4.88. The summed E-state index contributed by atoms with van der Waals surface area (Å²) in [5, 5.41) is 4.40. The minimum atomic E-state index is -3.53. The number of halogens is 1. The SMILES string of the molecule is O=S(=O)(Cc1cccc(F)c1)NCCn1ccc(-c2ccncc2)n1.